The summed E-state index contributed by atoms with van der Waals surface area (Å²) in [6.07, 6.45) is -8.27. The van der Waals surface area contributed by atoms with E-state index < -0.39 is 96.1 Å². The number of nitrogens with zero attached hydrogens (tertiary/aromatic N) is 1. The second-order valence-electron chi connectivity index (χ2n) is 14.5. The van der Waals surface area contributed by atoms with Crippen LogP contribution in [0.4, 0.5) is 9.59 Å². The molecule has 0 saturated carbocycles. The lowest BCUT2D eigenvalue weighted by Crippen LogP contribution is -2.60. The molecule has 2 bridgehead atoms. The number of likely N-dealkylation sites (N-methyl/N-ethyl adjacent to an activating group) is 1. The molecule has 0 amide bonds. The van der Waals surface area contributed by atoms with Crippen molar-refractivity contribution in [2.24, 2.45) is 23.7 Å². The molecule has 47 heavy (non-hydrogen) atoms. The Kier molecular flexibility index (Phi) is 11.1. The average Bonchev–Trinajstić information content (AvgIpc) is 3.23. The highest BCUT2D eigenvalue weighted by molar-refractivity contribution is 5.73. The first kappa shape index (κ1) is 37.1. The van der Waals surface area contributed by atoms with Gasteiger partial charge in [0.2, 0.25) is 0 Å². The minimum Gasteiger partial charge on any atom is -0.458 e. The monoisotopic (exact) mass is 671 g/mol. The van der Waals surface area contributed by atoms with Crippen molar-refractivity contribution in [2.45, 2.75) is 148 Å². The Hall–Kier alpha value is -2.68. The van der Waals surface area contributed by atoms with E-state index in [-0.39, 0.29) is 30.9 Å². The average molecular weight is 672 g/mol. The minimum absolute atomic E-state index is 0.196. The normalized spacial score (nSPS) is 46.1. The van der Waals surface area contributed by atoms with Crippen LogP contribution in [0.2, 0.25) is 0 Å². The fraction of sp³-hybridized carbons (Fsp3) is 0.879. The molecule has 14 nitrogen and oxygen atoms in total. The summed E-state index contributed by atoms with van der Waals surface area (Å²) in [6.45, 7) is 15.2. The lowest BCUT2D eigenvalue weighted by molar-refractivity contribution is -0.300. The highest BCUT2D eigenvalue weighted by Gasteiger charge is 2.61. The van der Waals surface area contributed by atoms with E-state index in [0.29, 0.717) is 6.42 Å². The maximum absolute atomic E-state index is 13.6. The Balaban J connectivity index is 1.82. The minimum atomic E-state index is -1.43. The highest BCUT2D eigenvalue weighted by atomic mass is 16.8. The lowest BCUT2D eigenvalue weighted by atomic mass is 9.73. The van der Waals surface area contributed by atoms with Gasteiger partial charge in [-0.2, -0.15) is 0 Å². The Morgan fingerprint density at radius 3 is 2.21 bits per heavy atom. The van der Waals surface area contributed by atoms with E-state index in [0.717, 1.165) is 0 Å². The largest absolute Gasteiger partial charge is 0.509 e. The molecule has 4 aliphatic heterocycles. The number of rotatable bonds is 5. The maximum atomic E-state index is 13.6. The van der Waals surface area contributed by atoms with Gasteiger partial charge in [-0.05, 0) is 67.0 Å². The number of hydrogen-bond acceptors (Lipinski definition) is 14. The Morgan fingerprint density at radius 1 is 0.979 bits per heavy atom. The molecule has 14 heteroatoms. The molecule has 268 valence electrons. The van der Waals surface area contributed by atoms with Gasteiger partial charge in [-0.15, -0.1) is 0 Å². The molecule has 4 heterocycles. The van der Waals surface area contributed by atoms with Crippen LogP contribution in [0.15, 0.2) is 0 Å². The molecular formula is C33H53NO13. The number of cyclic esters (lactones) is 1. The van der Waals surface area contributed by atoms with Crippen LogP contribution in [0.25, 0.3) is 0 Å². The van der Waals surface area contributed by atoms with Crippen molar-refractivity contribution in [3.8, 4) is 0 Å². The second-order valence-corrected chi connectivity index (χ2v) is 14.5. The SMILES string of the molecule is CC[C@H]1OC(=O)[C@H](C)[C@@H](O)[C@H](C)[C@@H](O[C@@H]2O[C@H](C)C[C@H](N(C)C)[C@H]2OC(C)=O)C2(C)C[C@@H](C)[C@H](OC(=O)O2)[C@H](C)[C@H]2OC(=O)O[C@@]21C. The van der Waals surface area contributed by atoms with E-state index >= 15 is 0 Å². The predicted octanol–water partition coefficient (Wildman–Crippen LogP) is 3.59. The van der Waals surface area contributed by atoms with Gasteiger partial charge in [-0.3, -0.25) is 9.59 Å². The zero-order valence-electron chi connectivity index (χ0n) is 29.4. The van der Waals surface area contributed by atoms with Gasteiger partial charge >= 0.3 is 24.2 Å². The first-order valence-corrected chi connectivity index (χ1v) is 16.6. The van der Waals surface area contributed by atoms with Gasteiger partial charge in [0.15, 0.2) is 24.1 Å². The van der Waals surface area contributed by atoms with Crippen molar-refractivity contribution in [1.29, 1.82) is 0 Å². The van der Waals surface area contributed by atoms with Crippen molar-refractivity contribution in [3.05, 3.63) is 0 Å². The topological polar surface area (TPSA) is 166 Å². The number of aliphatic hydroxyl groups excluding tert-OH is 1. The van der Waals surface area contributed by atoms with E-state index in [1.807, 2.05) is 32.8 Å². The third kappa shape index (κ3) is 7.35. The maximum Gasteiger partial charge on any atom is 0.509 e. The molecule has 4 rings (SSSR count). The Bertz CT molecular complexity index is 1180. The number of hydrogen-bond donors (Lipinski definition) is 1. The fourth-order valence-corrected chi connectivity index (χ4v) is 8.12. The number of fused-ring (bicyclic) bond motifs is 4. The summed E-state index contributed by atoms with van der Waals surface area (Å²) in [5, 5.41) is 11.8. The van der Waals surface area contributed by atoms with Crippen molar-refractivity contribution in [1.82, 2.24) is 4.90 Å². The first-order valence-electron chi connectivity index (χ1n) is 16.6. The summed E-state index contributed by atoms with van der Waals surface area (Å²) >= 11 is 0. The quantitative estimate of drug-likeness (QED) is 0.333. The fourth-order valence-electron chi connectivity index (χ4n) is 8.12. The van der Waals surface area contributed by atoms with E-state index in [4.69, 9.17) is 37.9 Å². The summed E-state index contributed by atoms with van der Waals surface area (Å²) in [6, 6.07) is -0.270. The van der Waals surface area contributed by atoms with E-state index in [9.17, 15) is 24.3 Å². The lowest BCUT2D eigenvalue weighted by Gasteiger charge is -2.47. The molecule has 0 aromatic heterocycles. The second kappa shape index (κ2) is 14.0. The van der Waals surface area contributed by atoms with Gasteiger partial charge in [0, 0.05) is 18.8 Å². The molecular weight excluding hydrogens is 618 g/mol. The van der Waals surface area contributed by atoms with Crippen molar-refractivity contribution in [2.75, 3.05) is 14.1 Å². The van der Waals surface area contributed by atoms with Gasteiger partial charge in [0.05, 0.1) is 24.2 Å². The Morgan fingerprint density at radius 2 is 1.62 bits per heavy atom. The molecule has 4 aliphatic rings. The summed E-state index contributed by atoms with van der Waals surface area (Å²) < 4.78 is 47.9. The van der Waals surface area contributed by atoms with Gasteiger partial charge in [-0.1, -0.05) is 27.7 Å². The summed E-state index contributed by atoms with van der Waals surface area (Å²) in [7, 11) is 3.74. The molecule has 15 atom stereocenters. The van der Waals surface area contributed by atoms with Crippen LogP contribution >= 0.6 is 0 Å². The van der Waals surface area contributed by atoms with Crippen LogP contribution in [0.3, 0.4) is 0 Å². The predicted molar refractivity (Wildman–Crippen MR) is 164 cm³/mol. The molecule has 1 unspecified atom stereocenters. The number of carbonyl (C=O) groups excluding carboxylic acids is 4. The number of ether oxygens (including phenoxy) is 8. The number of esters is 2. The van der Waals surface area contributed by atoms with Crippen LogP contribution in [0.5, 0.6) is 0 Å². The van der Waals surface area contributed by atoms with Crippen LogP contribution in [-0.4, -0.2) is 115 Å². The van der Waals surface area contributed by atoms with E-state index in [1.165, 1.54) is 13.8 Å². The molecule has 4 saturated heterocycles. The molecule has 0 aromatic rings. The van der Waals surface area contributed by atoms with Gasteiger partial charge in [0.25, 0.3) is 0 Å². The standard InChI is InChI=1S/C33H53NO13/c1-12-22-33(9)27(45-31(39)47-33)19(6)24-15(2)14-32(8,46-30(38)43-24)26(17(4)23(36)18(5)28(37)42-22)44-29-25(41-20(7)35)21(34(10)11)13-16(3)40-29/h15-19,21-27,29,36H,12-14H2,1-11H3/t15-,16-,17+,18-,19+,21+,22-,23+,24+,25-,26-,27-,29+,32?,33-/m1/s1. The zero-order chi connectivity index (χ0) is 35.2. The van der Waals surface area contributed by atoms with Crippen LogP contribution in [-0.2, 0) is 47.5 Å². The van der Waals surface area contributed by atoms with Gasteiger partial charge < -0.3 is 47.9 Å². The highest BCUT2D eigenvalue weighted by Crippen LogP contribution is 2.45. The summed E-state index contributed by atoms with van der Waals surface area (Å²) in [5.41, 5.74) is -2.84. The molecule has 0 spiro atoms. The number of aliphatic hydroxyl groups is 1. The van der Waals surface area contributed by atoms with Crippen molar-refractivity contribution >= 4 is 24.2 Å². The number of carbonyl (C=O) groups is 4. The van der Waals surface area contributed by atoms with E-state index in [1.54, 1.807) is 34.6 Å². The first-order chi connectivity index (χ1) is 21.8. The van der Waals surface area contributed by atoms with Crippen molar-refractivity contribution in [3.63, 3.8) is 0 Å². The molecule has 0 aliphatic carbocycles. The molecule has 0 aromatic carbocycles. The summed E-state index contributed by atoms with van der Waals surface area (Å²) in [5.74, 6) is -4.17. The smallest absolute Gasteiger partial charge is 0.458 e. The van der Waals surface area contributed by atoms with Gasteiger partial charge in [0.1, 0.15) is 23.9 Å². The molecule has 0 radical (unpaired) electrons. The van der Waals surface area contributed by atoms with E-state index in [2.05, 4.69) is 0 Å². The Labute approximate surface area is 277 Å². The third-order valence-electron chi connectivity index (χ3n) is 10.5. The summed E-state index contributed by atoms with van der Waals surface area (Å²) in [4.78, 5) is 53.9. The van der Waals surface area contributed by atoms with Crippen LogP contribution in [0.1, 0.15) is 81.6 Å². The van der Waals surface area contributed by atoms with Crippen LogP contribution in [0, 0.1) is 23.7 Å². The molecule has 4 fully saturated rings. The zero-order valence-corrected chi connectivity index (χ0v) is 29.4. The third-order valence-corrected chi connectivity index (χ3v) is 10.5. The van der Waals surface area contributed by atoms with Gasteiger partial charge in [-0.25, -0.2) is 9.59 Å². The molecule has 1 N–H and O–H groups in total. The van der Waals surface area contributed by atoms with Crippen molar-refractivity contribution < 1.29 is 62.2 Å². The van der Waals surface area contributed by atoms with Crippen LogP contribution < -0.4 is 0 Å².